The second-order valence-electron chi connectivity index (χ2n) is 5.16. The fourth-order valence-corrected chi connectivity index (χ4v) is 3.00. The van der Waals surface area contributed by atoms with Gasteiger partial charge in [-0.05, 0) is 43.1 Å². The maximum atomic E-state index is 11.1. The van der Waals surface area contributed by atoms with E-state index in [1.54, 1.807) is 6.07 Å². The van der Waals surface area contributed by atoms with E-state index in [2.05, 4.69) is 11.9 Å². The largest absolute Gasteiger partial charge is 0.481 e. The van der Waals surface area contributed by atoms with E-state index in [1.807, 2.05) is 12.1 Å². The summed E-state index contributed by atoms with van der Waals surface area (Å²) in [5.41, 5.74) is 7.29. The highest BCUT2D eigenvalue weighted by Crippen LogP contribution is 2.33. The summed E-state index contributed by atoms with van der Waals surface area (Å²) in [4.78, 5) is 13.4. The summed E-state index contributed by atoms with van der Waals surface area (Å²) in [6.45, 7) is 2.15. The molecule has 1 saturated heterocycles. The predicted molar refractivity (Wildman–Crippen MR) is 75.7 cm³/mol. The third-order valence-electron chi connectivity index (χ3n) is 3.79. The lowest BCUT2D eigenvalue weighted by atomic mass is 9.93. The van der Waals surface area contributed by atoms with Crippen LogP contribution in [0.15, 0.2) is 18.2 Å². The first-order valence-corrected chi connectivity index (χ1v) is 6.81. The summed E-state index contributed by atoms with van der Waals surface area (Å²) in [5.74, 6) is -1.16. The van der Waals surface area contributed by atoms with Crippen LogP contribution in [-0.4, -0.2) is 42.7 Å². The number of likely N-dealkylation sites (N-methyl/N-ethyl adjacent to an activating group) is 1. The summed E-state index contributed by atoms with van der Waals surface area (Å²) in [5, 5.41) is 9.75. The Hall–Kier alpha value is -1.10. The van der Waals surface area contributed by atoms with Crippen LogP contribution in [0.3, 0.4) is 0 Å². The molecule has 2 atom stereocenters. The van der Waals surface area contributed by atoms with Crippen LogP contribution < -0.4 is 5.73 Å². The summed E-state index contributed by atoms with van der Waals surface area (Å²) < 4.78 is 0. The summed E-state index contributed by atoms with van der Waals surface area (Å²) in [6.07, 6.45) is 1.09. The minimum absolute atomic E-state index is 0.0805. The van der Waals surface area contributed by atoms with Crippen LogP contribution in [0.1, 0.15) is 29.4 Å². The van der Waals surface area contributed by atoms with Gasteiger partial charge in [-0.3, -0.25) is 4.79 Å². The van der Waals surface area contributed by atoms with Crippen molar-refractivity contribution in [3.05, 3.63) is 34.3 Å². The zero-order valence-corrected chi connectivity index (χ0v) is 11.7. The normalized spacial score (nSPS) is 21.5. The fourth-order valence-electron chi connectivity index (χ4n) is 2.66. The number of aliphatic carboxylic acids is 1. The highest BCUT2D eigenvalue weighted by atomic mass is 35.5. The number of nitrogens with two attached hydrogens (primary N) is 1. The highest BCUT2D eigenvalue weighted by Gasteiger charge is 2.24. The van der Waals surface area contributed by atoms with Crippen molar-refractivity contribution in [3.63, 3.8) is 0 Å². The number of carboxylic acids is 1. The molecule has 5 heteroatoms. The van der Waals surface area contributed by atoms with Crippen LogP contribution >= 0.6 is 11.6 Å². The van der Waals surface area contributed by atoms with Crippen molar-refractivity contribution in [1.82, 2.24) is 4.90 Å². The van der Waals surface area contributed by atoms with Crippen molar-refractivity contribution < 1.29 is 9.90 Å². The number of nitrogens with zero attached hydrogens (tertiary/aromatic N) is 1. The third-order valence-corrected chi connectivity index (χ3v) is 4.12. The van der Waals surface area contributed by atoms with Gasteiger partial charge in [-0.1, -0.05) is 23.7 Å². The van der Waals surface area contributed by atoms with Gasteiger partial charge < -0.3 is 15.7 Å². The Morgan fingerprint density at radius 1 is 1.63 bits per heavy atom. The Bertz CT molecular complexity index is 479. The Morgan fingerprint density at radius 3 is 2.84 bits per heavy atom. The maximum absolute atomic E-state index is 11.1. The van der Waals surface area contributed by atoms with E-state index in [-0.39, 0.29) is 6.54 Å². The van der Waals surface area contributed by atoms with Gasteiger partial charge in [0.05, 0.1) is 5.92 Å². The second-order valence-corrected chi connectivity index (χ2v) is 5.56. The average molecular weight is 283 g/mol. The first-order valence-electron chi connectivity index (χ1n) is 6.43. The van der Waals surface area contributed by atoms with Gasteiger partial charge in [-0.2, -0.15) is 0 Å². The molecule has 0 aliphatic carbocycles. The number of rotatable bonds is 4. The minimum Gasteiger partial charge on any atom is -0.481 e. The van der Waals surface area contributed by atoms with Crippen molar-refractivity contribution in [2.45, 2.75) is 18.3 Å². The molecule has 0 radical (unpaired) electrons. The standard InChI is InChI=1S/C14H19ClN2O2/c1-17-5-4-10(8-17)11-3-2-9(6-13(11)15)12(7-16)14(18)19/h2-3,6,10,12H,4-5,7-8,16H2,1H3,(H,18,19). The molecule has 104 valence electrons. The minimum atomic E-state index is -0.910. The topological polar surface area (TPSA) is 66.6 Å². The average Bonchev–Trinajstić information content (AvgIpc) is 2.76. The van der Waals surface area contributed by atoms with Gasteiger partial charge in [-0.25, -0.2) is 0 Å². The zero-order valence-electron chi connectivity index (χ0n) is 11.0. The molecule has 1 fully saturated rings. The van der Waals surface area contributed by atoms with Gasteiger partial charge in [0.25, 0.3) is 0 Å². The summed E-state index contributed by atoms with van der Waals surface area (Å²) >= 11 is 6.31. The number of halogens is 1. The van der Waals surface area contributed by atoms with E-state index in [9.17, 15) is 4.79 Å². The van der Waals surface area contributed by atoms with Gasteiger partial charge in [-0.15, -0.1) is 0 Å². The van der Waals surface area contributed by atoms with E-state index >= 15 is 0 Å². The van der Waals surface area contributed by atoms with Crippen LogP contribution in [0, 0.1) is 0 Å². The Labute approximate surface area is 118 Å². The van der Waals surface area contributed by atoms with Gasteiger partial charge in [0.15, 0.2) is 0 Å². The molecule has 0 bridgehead atoms. The lowest BCUT2D eigenvalue weighted by Gasteiger charge is -2.16. The van der Waals surface area contributed by atoms with Crippen molar-refractivity contribution in [3.8, 4) is 0 Å². The molecule has 1 heterocycles. The fraction of sp³-hybridized carbons (Fsp3) is 0.500. The van der Waals surface area contributed by atoms with Gasteiger partial charge in [0.2, 0.25) is 0 Å². The molecule has 0 aromatic heterocycles. The molecule has 4 nitrogen and oxygen atoms in total. The number of hydrogen-bond acceptors (Lipinski definition) is 3. The molecule has 3 N–H and O–H groups in total. The zero-order chi connectivity index (χ0) is 14.0. The maximum Gasteiger partial charge on any atom is 0.312 e. The first kappa shape index (κ1) is 14.3. The first-order chi connectivity index (χ1) is 9.02. The van der Waals surface area contributed by atoms with Crippen LogP contribution in [0.4, 0.5) is 0 Å². The molecule has 1 aromatic carbocycles. The predicted octanol–water partition coefficient (Wildman–Crippen LogP) is 1.89. The molecule has 0 amide bonds. The Morgan fingerprint density at radius 2 is 2.37 bits per heavy atom. The third kappa shape index (κ3) is 3.08. The molecule has 0 saturated carbocycles. The number of benzene rings is 1. The van der Waals surface area contributed by atoms with Crippen molar-refractivity contribution in [1.29, 1.82) is 0 Å². The number of carboxylic acid groups (broad SMARTS) is 1. The van der Waals surface area contributed by atoms with Gasteiger partial charge in [0, 0.05) is 18.1 Å². The SMILES string of the molecule is CN1CCC(c2ccc(C(CN)C(=O)O)cc2Cl)C1. The van der Waals surface area contributed by atoms with E-state index < -0.39 is 11.9 Å². The Balaban J connectivity index is 2.24. The molecular formula is C14H19ClN2O2. The molecular weight excluding hydrogens is 264 g/mol. The molecule has 1 aromatic rings. The quantitative estimate of drug-likeness (QED) is 0.885. The van der Waals surface area contributed by atoms with Gasteiger partial charge >= 0.3 is 5.97 Å². The summed E-state index contributed by atoms with van der Waals surface area (Å²) in [6, 6.07) is 5.54. The monoisotopic (exact) mass is 282 g/mol. The molecule has 0 spiro atoms. The lowest BCUT2D eigenvalue weighted by Crippen LogP contribution is -2.21. The highest BCUT2D eigenvalue weighted by molar-refractivity contribution is 6.31. The van der Waals surface area contributed by atoms with E-state index in [0.29, 0.717) is 16.5 Å². The van der Waals surface area contributed by atoms with E-state index in [1.165, 1.54) is 0 Å². The van der Waals surface area contributed by atoms with Crippen molar-refractivity contribution in [2.75, 3.05) is 26.7 Å². The number of hydrogen-bond donors (Lipinski definition) is 2. The molecule has 2 rings (SSSR count). The van der Waals surface area contributed by atoms with E-state index in [0.717, 1.165) is 25.1 Å². The van der Waals surface area contributed by atoms with Crippen LogP contribution in [0.5, 0.6) is 0 Å². The molecule has 1 aliphatic rings. The molecule has 1 aliphatic heterocycles. The van der Waals surface area contributed by atoms with Crippen LogP contribution in [-0.2, 0) is 4.79 Å². The number of likely N-dealkylation sites (tertiary alicyclic amines) is 1. The smallest absolute Gasteiger partial charge is 0.312 e. The van der Waals surface area contributed by atoms with Crippen molar-refractivity contribution >= 4 is 17.6 Å². The van der Waals surface area contributed by atoms with E-state index in [4.69, 9.17) is 22.4 Å². The molecule has 19 heavy (non-hydrogen) atoms. The second kappa shape index (κ2) is 5.90. The van der Waals surface area contributed by atoms with Gasteiger partial charge in [0.1, 0.15) is 0 Å². The van der Waals surface area contributed by atoms with Crippen LogP contribution in [0.25, 0.3) is 0 Å². The van der Waals surface area contributed by atoms with Crippen molar-refractivity contribution in [2.24, 2.45) is 5.73 Å². The number of carbonyl (C=O) groups is 1. The Kier molecular flexibility index (Phi) is 4.45. The van der Waals surface area contributed by atoms with Crippen LogP contribution in [0.2, 0.25) is 5.02 Å². The lowest BCUT2D eigenvalue weighted by molar-refractivity contribution is -0.138. The molecule has 2 unspecified atom stereocenters. The summed E-state index contributed by atoms with van der Waals surface area (Å²) in [7, 11) is 2.09.